The van der Waals surface area contributed by atoms with Crippen LogP contribution in [0.1, 0.15) is 29.5 Å². The number of aryl methyl sites for hydroxylation is 3. The molecule has 9 nitrogen and oxygen atoms in total. The molecule has 0 atom stereocenters. The molecule has 0 unspecified atom stereocenters. The van der Waals surface area contributed by atoms with E-state index in [1.807, 2.05) is 49.3 Å². The Morgan fingerprint density at radius 1 is 0.972 bits per heavy atom. The zero-order valence-corrected chi connectivity index (χ0v) is 21.2. The van der Waals surface area contributed by atoms with Crippen LogP contribution in [0.15, 0.2) is 35.4 Å². The summed E-state index contributed by atoms with van der Waals surface area (Å²) in [5, 5.41) is 0. The van der Waals surface area contributed by atoms with Crippen molar-refractivity contribution < 1.29 is 14.3 Å². The lowest BCUT2D eigenvalue weighted by molar-refractivity contribution is -0.127. The third-order valence-corrected chi connectivity index (χ3v) is 7.08. The first-order valence-corrected chi connectivity index (χ1v) is 12.2. The van der Waals surface area contributed by atoms with Gasteiger partial charge in [0, 0.05) is 56.6 Å². The summed E-state index contributed by atoms with van der Waals surface area (Å²) in [4.78, 5) is 38.3. The molecule has 0 spiro atoms. The second-order valence-corrected chi connectivity index (χ2v) is 9.31. The molecule has 0 N–H and O–H groups in total. The summed E-state index contributed by atoms with van der Waals surface area (Å²) in [7, 11) is 3.23. The first-order chi connectivity index (χ1) is 17.4. The van der Waals surface area contributed by atoms with Crippen LogP contribution >= 0.6 is 0 Å². The molecule has 5 rings (SSSR count). The molecule has 0 bridgehead atoms. The van der Waals surface area contributed by atoms with E-state index >= 15 is 0 Å². The normalized spacial score (nSPS) is 14.4. The monoisotopic (exact) mass is 489 g/mol. The van der Waals surface area contributed by atoms with Crippen molar-refractivity contribution in [2.75, 3.05) is 38.8 Å². The minimum Gasteiger partial charge on any atom is -0.493 e. The fourth-order valence-electron chi connectivity index (χ4n) is 5.29. The molecule has 1 fully saturated rings. The van der Waals surface area contributed by atoms with Gasteiger partial charge in [0.25, 0.3) is 0 Å². The van der Waals surface area contributed by atoms with Gasteiger partial charge in [-0.15, -0.1) is 0 Å². The molecule has 1 aromatic carbocycles. The lowest BCUT2D eigenvalue weighted by Gasteiger charge is -2.30. The summed E-state index contributed by atoms with van der Waals surface area (Å²) in [6, 6.07) is 5.88. The molecule has 9 heteroatoms. The molecule has 2 aromatic heterocycles. The van der Waals surface area contributed by atoms with E-state index in [2.05, 4.69) is 14.9 Å². The number of methoxy groups -OCH3 is 2. The average Bonchev–Trinajstić information content (AvgIpc) is 3.29. The Labute approximate surface area is 210 Å². The number of hydrogen-bond acceptors (Lipinski definition) is 7. The molecule has 0 radical (unpaired) electrons. The highest BCUT2D eigenvalue weighted by Crippen LogP contribution is 2.39. The molecule has 2 aliphatic rings. The van der Waals surface area contributed by atoms with Crippen LogP contribution in [0.4, 0.5) is 11.5 Å². The highest BCUT2D eigenvalue weighted by atomic mass is 16.5. The quantitative estimate of drug-likeness (QED) is 0.503. The van der Waals surface area contributed by atoms with Gasteiger partial charge in [0.15, 0.2) is 11.5 Å². The molecule has 188 valence electrons. The summed E-state index contributed by atoms with van der Waals surface area (Å²) in [6.07, 6.45) is 5.80. The van der Waals surface area contributed by atoms with Crippen LogP contribution < -0.4 is 20.1 Å². The first kappa shape index (κ1) is 23.8. The number of anilines is 2. The molecule has 36 heavy (non-hydrogen) atoms. The van der Waals surface area contributed by atoms with E-state index < -0.39 is 0 Å². The van der Waals surface area contributed by atoms with E-state index in [-0.39, 0.29) is 11.6 Å². The molecule has 0 saturated carbocycles. The zero-order valence-electron chi connectivity index (χ0n) is 21.2. The maximum Gasteiger partial charge on any atom is 0.350 e. The van der Waals surface area contributed by atoms with Gasteiger partial charge in [0.2, 0.25) is 5.91 Å². The Balaban J connectivity index is 1.63. The third-order valence-electron chi connectivity index (χ3n) is 7.08. The third kappa shape index (κ3) is 4.19. The van der Waals surface area contributed by atoms with Crippen molar-refractivity contribution in [3.63, 3.8) is 0 Å². The Morgan fingerprint density at radius 2 is 1.69 bits per heavy atom. The number of rotatable bonds is 7. The van der Waals surface area contributed by atoms with Crippen molar-refractivity contribution >= 4 is 17.4 Å². The second-order valence-electron chi connectivity index (χ2n) is 9.31. The number of benzene rings is 1. The first-order valence-electron chi connectivity index (χ1n) is 12.2. The number of ether oxygens (including phenoxy) is 2. The van der Waals surface area contributed by atoms with E-state index in [0.29, 0.717) is 49.8 Å². The zero-order chi connectivity index (χ0) is 25.4. The average molecular weight is 490 g/mol. The molecule has 0 aliphatic carbocycles. The lowest BCUT2D eigenvalue weighted by atomic mass is 9.96. The highest BCUT2D eigenvalue weighted by Gasteiger charge is 2.26. The van der Waals surface area contributed by atoms with Crippen molar-refractivity contribution in [1.29, 1.82) is 0 Å². The molecule has 2 aliphatic heterocycles. The van der Waals surface area contributed by atoms with E-state index in [0.717, 1.165) is 46.6 Å². The fraction of sp³-hybridized carbons (Fsp3) is 0.407. The van der Waals surface area contributed by atoms with Gasteiger partial charge in [-0.05, 0) is 55.5 Å². The Bertz CT molecular complexity index is 1360. The number of pyridine rings is 1. The summed E-state index contributed by atoms with van der Waals surface area (Å²) in [5.41, 5.74) is 5.43. The van der Waals surface area contributed by atoms with E-state index in [9.17, 15) is 9.59 Å². The largest absolute Gasteiger partial charge is 0.493 e. The summed E-state index contributed by atoms with van der Waals surface area (Å²) < 4.78 is 12.8. The Kier molecular flexibility index (Phi) is 6.38. The van der Waals surface area contributed by atoms with Gasteiger partial charge in [-0.2, -0.15) is 4.98 Å². The van der Waals surface area contributed by atoms with Crippen LogP contribution in [0.3, 0.4) is 0 Å². The highest BCUT2D eigenvalue weighted by molar-refractivity contribution is 5.78. The summed E-state index contributed by atoms with van der Waals surface area (Å²) in [5.74, 6) is 2.01. The number of hydrogen-bond donors (Lipinski definition) is 0. The van der Waals surface area contributed by atoms with E-state index in [1.165, 1.54) is 0 Å². The number of likely N-dealkylation sites (tertiary alicyclic amines) is 1. The number of amides is 1. The maximum atomic E-state index is 13.3. The van der Waals surface area contributed by atoms with Gasteiger partial charge < -0.3 is 19.3 Å². The smallest absolute Gasteiger partial charge is 0.350 e. The SMILES string of the molecule is COc1cc2c(cc1OC)-c1cc(N(CCN3CCCC3=O)c3c(C)cncc3C)nc(=O)n1CC2. The predicted molar refractivity (Wildman–Crippen MR) is 137 cm³/mol. The minimum absolute atomic E-state index is 0.173. The van der Waals surface area contributed by atoms with Crippen LogP contribution in [-0.4, -0.2) is 59.2 Å². The van der Waals surface area contributed by atoms with Gasteiger partial charge in [0.05, 0.1) is 25.6 Å². The van der Waals surface area contributed by atoms with Crippen LogP contribution in [0.2, 0.25) is 0 Å². The van der Waals surface area contributed by atoms with Crippen molar-refractivity contribution in [2.45, 2.75) is 39.7 Å². The second kappa shape index (κ2) is 9.64. The van der Waals surface area contributed by atoms with Gasteiger partial charge in [0.1, 0.15) is 5.82 Å². The molecular weight excluding hydrogens is 458 g/mol. The predicted octanol–water partition coefficient (Wildman–Crippen LogP) is 3.26. The number of nitrogens with zero attached hydrogens (tertiary/aromatic N) is 5. The maximum absolute atomic E-state index is 13.3. The summed E-state index contributed by atoms with van der Waals surface area (Å²) >= 11 is 0. The van der Waals surface area contributed by atoms with E-state index in [4.69, 9.17) is 9.47 Å². The molecule has 1 saturated heterocycles. The standard InChI is InChI=1S/C27H31N5O4/c1-17-15-28-16-18(2)26(17)32(11-10-30-8-5-6-25(30)33)24-14-21-20-13-23(36-4)22(35-3)12-19(20)7-9-31(21)27(34)29-24/h12-16H,5-11H2,1-4H3. The van der Waals surface area contributed by atoms with Crippen LogP contribution in [0, 0.1) is 13.8 Å². The van der Waals surface area contributed by atoms with Gasteiger partial charge in [-0.25, -0.2) is 4.79 Å². The van der Waals surface area contributed by atoms with Crippen LogP contribution in [-0.2, 0) is 17.8 Å². The Morgan fingerprint density at radius 3 is 2.36 bits per heavy atom. The number of aromatic nitrogens is 3. The molecule has 3 aromatic rings. The number of carbonyl (C=O) groups excluding carboxylic acids is 1. The van der Waals surface area contributed by atoms with E-state index in [1.54, 1.807) is 18.8 Å². The topological polar surface area (TPSA) is 89.8 Å². The molecular formula is C27H31N5O4. The molecule has 4 heterocycles. The van der Waals surface area contributed by atoms with Crippen molar-refractivity contribution in [3.05, 3.63) is 57.8 Å². The van der Waals surface area contributed by atoms with Crippen molar-refractivity contribution in [2.24, 2.45) is 0 Å². The van der Waals surface area contributed by atoms with Gasteiger partial charge in [-0.1, -0.05) is 0 Å². The lowest BCUT2D eigenvalue weighted by Crippen LogP contribution is -2.36. The van der Waals surface area contributed by atoms with Crippen LogP contribution in [0.5, 0.6) is 11.5 Å². The number of carbonyl (C=O) groups is 1. The fourth-order valence-corrected chi connectivity index (χ4v) is 5.29. The number of fused-ring (bicyclic) bond motifs is 3. The summed E-state index contributed by atoms with van der Waals surface area (Å²) in [6.45, 7) is 6.38. The van der Waals surface area contributed by atoms with Gasteiger partial charge >= 0.3 is 5.69 Å². The Hall–Kier alpha value is -3.88. The van der Waals surface area contributed by atoms with Crippen molar-refractivity contribution in [3.8, 4) is 22.8 Å². The van der Waals surface area contributed by atoms with Gasteiger partial charge in [-0.3, -0.25) is 14.3 Å². The minimum atomic E-state index is -0.297. The molecule has 1 amide bonds. The van der Waals surface area contributed by atoms with Crippen LogP contribution in [0.25, 0.3) is 11.3 Å². The van der Waals surface area contributed by atoms with Crippen molar-refractivity contribution in [1.82, 2.24) is 19.4 Å².